The Hall–Kier alpha value is -3.03. The number of aromatic nitrogens is 2. The highest BCUT2D eigenvalue weighted by Gasteiger charge is 2.17. The molecule has 1 aromatic heterocycles. The molecular formula is C22H21ClFN3O3. The zero-order valence-corrected chi connectivity index (χ0v) is 17.1. The van der Waals surface area contributed by atoms with Crippen molar-refractivity contribution in [3.05, 3.63) is 86.5 Å². The lowest BCUT2D eigenvalue weighted by atomic mass is 10.1. The third-order valence-electron chi connectivity index (χ3n) is 4.64. The molecule has 2 aromatic carbocycles. The maximum Gasteiger partial charge on any atom is 0.257 e. The molecule has 0 saturated heterocycles. The summed E-state index contributed by atoms with van der Waals surface area (Å²) >= 11 is 5.96. The number of nitrogens with zero attached hydrogens (tertiary/aromatic N) is 2. The molecule has 0 spiro atoms. The fourth-order valence-corrected chi connectivity index (χ4v) is 3.19. The number of amides is 1. The number of hydrogen-bond donors (Lipinski definition) is 2. The van der Waals surface area contributed by atoms with Crippen LogP contribution in [-0.4, -0.2) is 27.2 Å². The molecule has 156 valence electrons. The van der Waals surface area contributed by atoms with Crippen LogP contribution >= 0.6 is 11.6 Å². The van der Waals surface area contributed by atoms with Crippen molar-refractivity contribution in [2.45, 2.75) is 26.4 Å². The molecule has 0 radical (unpaired) electrons. The third-order valence-corrected chi connectivity index (χ3v) is 4.89. The molecule has 3 rings (SSSR count). The summed E-state index contributed by atoms with van der Waals surface area (Å²) in [7, 11) is 0. The van der Waals surface area contributed by atoms with E-state index in [4.69, 9.17) is 11.6 Å². The molecule has 30 heavy (non-hydrogen) atoms. The molecule has 2 N–H and O–H groups in total. The Balaban J connectivity index is 1.91. The number of carbonyl (C=O) groups is 1. The van der Waals surface area contributed by atoms with Crippen molar-refractivity contribution in [3.8, 4) is 11.4 Å². The first kappa shape index (κ1) is 21.7. The molecule has 0 aliphatic carbocycles. The summed E-state index contributed by atoms with van der Waals surface area (Å²) in [5.41, 5.74) is 1.86. The van der Waals surface area contributed by atoms with Crippen molar-refractivity contribution in [2.75, 3.05) is 6.61 Å². The predicted molar refractivity (Wildman–Crippen MR) is 113 cm³/mol. The summed E-state index contributed by atoms with van der Waals surface area (Å²) in [6.45, 7) is 1.45. The number of aliphatic hydroxyl groups excluding tert-OH is 1. The molecule has 1 amide bonds. The van der Waals surface area contributed by atoms with E-state index >= 15 is 0 Å². The minimum absolute atomic E-state index is 0.149. The number of aryl methyl sites for hydroxylation is 1. The zero-order chi connectivity index (χ0) is 21.7. The van der Waals surface area contributed by atoms with Crippen LogP contribution in [0.1, 0.15) is 16.8 Å². The Morgan fingerprint density at radius 3 is 2.47 bits per heavy atom. The normalized spacial score (nSPS) is 10.8. The number of aliphatic hydroxyl groups is 1. The molecule has 1 heterocycles. The highest BCUT2D eigenvalue weighted by Crippen LogP contribution is 2.20. The van der Waals surface area contributed by atoms with Crippen LogP contribution in [0.25, 0.3) is 11.4 Å². The van der Waals surface area contributed by atoms with E-state index < -0.39 is 5.91 Å². The molecule has 0 unspecified atom stereocenters. The summed E-state index contributed by atoms with van der Waals surface area (Å²) in [5, 5.41) is 12.6. The predicted octanol–water partition coefficient (Wildman–Crippen LogP) is 2.86. The Morgan fingerprint density at radius 1 is 1.17 bits per heavy atom. The second-order valence-corrected chi connectivity index (χ2v) is 7.21. The van der Waals surface area contributed by atoms with Gasteiger partial charge in [-0.1, -0.05) is 23.7 Å². The van der Waals surface area contributed by atoms with Gasteiger partial charge in [-0.15, -0.1) is 0 Å². The molecule has 3 aromatic rings. The molecular weight excluding hydrogens is 409 g/mol. The highest BCUT2D eigenvalue weighted by atomic mass is 35.5. The van der Waals surface area contributed by atoms with Crippen molar-refractivity contribution in [3.63, 3.8) is 0 Å². The Kier molecular flexibility index (Phi) is 6.97. The van der Waals surface area contributed by atoms with Crippen molar-refractivity contribution >= 4 is 17.5 Å². The first-order chi connectivity index (χ1) is 14.4. The lowest BCUT2D eigenvalue weighted by Gasteiger charge is -2.16. The number of carbonyl (C=O) groups excluding carboxylic acids is 1. The number of benzene rings is 2. The Morgan fingerprint density at radius 2 is 1.83 bits per heavy atom. The second-order valence-electron chi connectivity index (χ2n) is 6.77. The molecule has 8 heteroatoms. The van der Waals surface area contributed by atoms with Crippen LogP contribution in [0.4, 0.5) is 4.39 Å². The van der Waals surface area contributed by atoms with E-state index in [0.29, 0.717) is 27.7 Å². The maximum absolute atomic E-state index is 13.1. The lowest BCUT2D eigenvalue weighted by molar-refractivity contribution is -0.121. The summed E-state index contributed by atoms with van der Waals surface area (Å²) in [6.07, 6.45) is 0.149. The largest absolute Gasteiger partial charge is 0.396 e. The minimum atomic E-state index is -0.391. The van der Waals surface area contributed by atoms with E-state index in [1.807, 2.05) is 0 Å². The monoisotopic (exact) mass is 429 g/mol. The van der Waals surface area contributed by atoms with Gasteiger partial charge in [0, 0.05) is 41.4 Å². The van der Waals surface area contributed by atoms with Gasteiger partial charge in [-0.3, -0.25) is 14.2 Å². The van der Waals surface area contributed by atoms with Crippen LogP contribution in [-0.2, 0) is 24.3 Å². The van der Waals surface area contributed by atoms with Crippen LogP contribution in [0.15, 0.2) is 53.3 Å². The van der Waals surface area contributed by atoms with E-state index in [1.54, 1.807) is 43.3 Å². The quantitative estimate of drug-likeness (QED) is 0.605. The summed E-state index contributed by atoms with van der Waals surface area (Å²) in [4.78, 5) is 30.1. The molecule has 0 atom stereocenters. The first-order valence-corrected chi connectivity index (χ1v) is 9.75. The molecule has 0 saturated carbocycles. The van der Waals surface area contributed by atoms with Crippen molar-refractivity contribution in [1.29, 1.82) is 0 Å². The zero-order valence-electron chi connectivity index (χ0n) is 16.4. The standard InChI is InChI=1S/C22H21ClFN3O3/c1-14-19(10-11-28)22(30)27(21(26-14)16-4-6-17(23)7-5-16)13-20(29)25-12-15-2-8-18(24)9-3-15/h2-9,28H,10-13H2,1H3,(H,25,29). The first-order valence-electron chi connectivity index (χ1n) is 9.37. The summed E-state index contributed by atoms with van der Waals surface area (Å²) in [5.74, 6) is -0.406. The summed E-state index contributed by atoms with van der Waals surface area (Å²) in [6, 6.07) is 12.6. The van der Waals surface area contributed by atoms with Gasteiger partial charge >= 0.3 is 0 Å². The van der Waals surface area contributed by atoms with Crippen molar-refractivity contribution in [2.24, 2.45) is 0 Å². The number of hydrogen-bond acceptors (Lipinski definition) is 4. The van der Waals surface area contributed by atoms with E-state index in [1.165, 1.54) is 16.7 Å². The van der Waals surface area contributed by atoms with Gasteiger partial charge in [-0.2, -0.15) is 0 Å². The Labute approximate surface area is 178 Å². The average molecular weight is 430 g/mol. The van der Waals surface area contributed by atoms with Gasteiger partial charge in [0.1, 0.15) is 18.2 Å². The molecule has 0 aliphatic heterocycles. The van der Waals surface area contributed by atoms with Crippen LogP contribution in [0.3, 0.4) is 0 Å². The summed E-state index contributed by atoms with van der Waals surface area (Å²) < 4.78 is 14.3. The minimum Gasteiger partial charge on any atom is -0.396 e. The lowest BCUT2D eigenvalue weighted by Crippen LogP contribution is -2.35. The van der Waals surface area contributed by atoms with Crippen molar-refractivity contribution < 1.29 is 14.3 Å². The van der Waals surface area contributed by atoms with Gasteiger partial charge in [0.2, 0.25) is 5.91 Å². The number of rotatable bonds is 7. The van der Waals surface area contributed by atoms with Gasteiger partial charge < -0.3 is 10.4 Å². The van der Waals surface area contributed by atoms with Crippen LogP contribution < -0.4 is 10.9 Å². The van der Waals surface area contributed by atoms with Crippen LogP contribution in [0, 0.1) is 12.7 Å². The molecule has 6 nitrogen and oxygen atoms in total. The molecule has 0 bridgehead atoms. The van der Waals surface area contributed by atoms with E-state index in [2.05, 4.69) is 10.3 Å². The van der Waals surface area contributed by atoms with E-state index in [9.17, 15) is 19.1 Å². The fraction of sp³-hybridized carbons (Fsp3) is 0.227. The van der Waals surface area contributed by atoms with Gasteiger partial charge in [0.15, 0.2) is 0 Å². The topological polar surface area (TPSA) is 84.2 Å². The maximum atomic E-state index is 13.1. The SMILES string of the molecule is Cc1nc(-c2ccc(Cl)cc2)n(CC(=O)NCc2ccc(F)cc2)c(=O)c1CCO. The average Bonchev–Trinajstić information content (AvgIpc) is 2.73. The highest BCUT2D eigenvalue weighted by molar-refractivity contribution is 6.30. The Bertz CT molecular complexity index is 1100. The second kappa shape index (κ2) is 9.65. The number of halogens is 2. The third kappa shape index (κ3) is 5.11. The molecule has 0 aliphatic rings. The van der Waals surface area contributed by atoms with Gasteiger partial charge in [-0.25, -0.2) is 9.37 Å². The molecule has 0 fully saturated rings. The van der Waals surface area contributed by atoms with Crippen LogP contribution in [0.5, 0.6) is 0 Å². The van der Waals surface area contributed by atoms with Crippen LogP contribution in [0.2, 0.25) is 5.02 Å². The number of nitrogens with one attached hydrogen (secondary N) is 1. The van der Waals surface area contributed by atoms with Crippen molar-refractivity contribution in [1.82, 2.24) is 14.9 Å². The van der Waals surface area contributed by atoms with Gasteiger partial charge in [0.25, 0.3) is 5.56 Å². The van der Waals surface area contributed by atoms with Gasteiger partial charge in [0.05, 0.1) is 0 Å². The van der Waals surface area contributed by atoms with E-state index in [-0.39, 0.29) is 37.5 Å². The fourth-order valence-electron chi connectivity index (χ4n) is 3.07. The van der Waals surface area contributed by atoms with E-state index in [0.717, 1.165) is 5.56 Å². The smallest absolute Gasteiger partial charge is 0.257 e. The van der Waals surface area contributed by atoms with Gasteiger partial charge in [-0.05, 0) is 48.9 Å².